The smallest absolute Gasteiger partial charge is 0.128 e. The van der Waals surface area contributed by atoms with Crippen molar-refractivity contribution in [1.29, 1.82) is 0 Å². The molecule has 19 heavy (non-hydrogen) atoms. The van der Waals surface area contributed by atoms with Crippen molar-refractivity contribution >= 4 is 5.82 Å². The van der Waals surface area contributed by atoms with Crippen LogP contribution in [0.4, 0.5) is 5.82 Å². The molecule has 2 saturated heterocycles. The van der Waals surface area contributed by atoms with E-state index in [9.17, 15) is 5.11 Å². The third-order valence-electron chi connectivity index (χ3n) is 4.39. The molecule has 0 amide bonds. The Bertz CT molecular complexity index is 418. The highest BCUT2D eigenvalue weighted by Gasteiger charge is 2.29. The van der Waals surface area contributed by atoms with E-state index in [-0.39, 0.29) is 6.61 Å². The molecule has 0 saturated carbocycles. The number of aliphatic hydroxyl groups excluding tert-OH is 1. The van der Waals surface area contributed by atoms with Crippen molar-refractivity contribution in [2.45, 2.75) is 38.3 Å². The van der Waals surface area contributed by atoms with Gasteiger partial charge in [-0.2, -0.15) is 0 Å². The standard InChI is InChI=1S/C15H23N3O/c19-12-13-4-6-16-15(10-13)18-9-5-14(11-18)17-7-2-1-3-8-17/h4,6,10,14,19H,1-3,5,7-9,11-12H2. The van der Waals surface area contributed by atoms with Crippen molar-refractivity contribution < 1.29 is 5.11 Å². The van der Waals surface area contributed by atoms with Gasteiger partial charge in [0.1, 0.15) is 5.82 Å². The first-order valence-electron chi connectivity index (χ1n) is 7.41. The van der Waals surface area contributed by atoms with Crippen molar-refractivity contribution in [3.63, 3.8) is 0 Å². The van der Waals surface area contributed by atoms with Crippen LogP contribution in [-0.2, 0) is 6.61 Å². The summed E-state index contributed by atoms with van der Waals surface area (Å²) < 4.78 is 0. The van der Waals surface area contributed by atoms with Gasteiger partial charge in [0.2, 0.25) is 0 Å². The minimum absolute atomic E-state index is 0.0961. The number of nitrogens with zero attached hydrogens (tertiary/aromatic N) is 3. The van der Waals surface area contributed by atoms with Gasteiger partial charge >= 0.3 is 0 Å². The van der Waals surface area contributed by atoms with E-state index in [2.05, 4.69) is 14.8 Å². The summed E-state index contributed by atoms with van der Waals surface area (Å²) in [6.07, 6.45) is 7.15. The van der Waals surface area contributed by atoms with E-state index in [1.165, 1.54) is 38.8 Å². The van der Waals surface area contributed by atoms with Gasteiger partial charge in [-0.05, 0) is 50.0 Å². The lowest BCUT2D eigenvalue weighted by Gasteiger charge is -2.32. The predicted octanol–water partition coefficient (Wildman–Crippen LogP) is 1.64. The first kappa shape index (κ1) is 12.9. The molecule has 1 aromatic rings. The Kier molecular flexibility index (Phi) is 3.99. The van der Waals surface area contributed by atoms with Crippen LogP contribution in [0.5, 0.6) is 0 Å². The quantitative estimate of drug-likeness (QED) is 0.898. The second kappa shape index (κ2) is 5.88. The summed E-state index contributed by atoms with van der Waals surface area (Å²) in [5.74, 6) is 1.02. The van der Waals surface area contributed by atoms with Crippen LogP contribution in [-0.4, -0.2) is 47.2 Å². The number of anilines is 1. The minimum atomic E-state index is 0.0961. The third kappa shape index (κ3) is 2.90. The molecule has 0 aromatic carbocycles. The van der Waals surface area contributed by atoms with E-state index < -0.39 is 0 Å². The second-order valence-corrected chi connectivity index (χ2v) is 5.67. The number of pyridine rings is 1. The summed E-state index contributed by atoms with van der Waals surface area (Å²) in [5.41, 5.74) is 0.950. The Balaban J connectivity index is 1.64. The zero-order valence-corrected chi connectivity index (χ0v) is 11.5. The Morgan fingerprint density at radius 3 is 2.84 bits per heavy atom. The van der Waals surface area contributed by atoms with Gasteiger partial charge in [-0.3, -0.25) is 4.90 Å². The lowest BCUT2D eigenvalue weighted by Crippen LogP contribution is -2.40. The van der Waals surface area contributed by atoms with E-state index in [0.29, 0.717) is 6.04 Å². The number of aromatic nitrogens is 1. The highest BCUT2D eigenvalue weighted by molar-refractivity contribution is 5.42. The van der Waals surface area contributed by atoms with E-state index in [0.717, 1.165) is 24.5 Å². The monoisotopic (exact) mass is 261 g/mol. The molecule has 1 aromatic heterocycles. The summed E-state index contributed by atoms with van der Waals surface area (Å²) in [6.45, 7) is 4.80. The molecule has 2 fully saturated rings. The van der Waals surface area contributed by atoms with Crippen LogP contribution in [0.2, 0.25) is 0 Å². The zero-order valence-electron chi connectivity index (χ0n) is 11.5. The van der Waals surface area contributed by atoms with Crippen LogP contribution in [0.3, 0.4) is 0 Å². The molecule has 2 aliphatic heterocycles. The van der Waals surface area contributed by atoms with Crippen LogP contribution in [0, 0.1) is 0 Å². The topological polar surface area (TPSA) is 39.6 Å². The van der Waals surface area contributed by atoms with Crippen LogP contribution in [0.15, 0.2) is 18.3 Å². The summed E-state index contributed by atoms with van der Waals surface area (Å²) in [6, 6.07) is 4.58. The molecule has 104 valence electrons. The van der Waals surface area contributed by atoms with Crippen LogP contribution >= 0.6 is 0 Å². The maximum atomic E-state index is 9.21. The highest BCUT2D eigenvalue weighted by Crippen LogP contribution is 2.24. The Hall–Kier alpha value is -1.13. The average Bonchev–Trinajstić information content (AvgIpc) is 2.98. The lowest BCUT2D eigenvalue weighted by molar-refractivity contribution is 0.175. The first-order chi connectivity index (χ1) is 9.36. The van der Waals surface area contributed by atoms with Crippen LogP contribution in [0.1, 0.15) is 31.2 Å². The number of hydrogen-bond acceptors (Lipinski definition) is 4. The summed E-state index contributed by atoms with van der Waals surface area (Å²) in [4.78, 5) is 9.46. The molecule has 3 rings (SSSR count). The van der Waals surface area contributed by atoms with Crippen molar-refractivity contribution in [1.82, 2.24) is 9.88 Å². The van der Waals surface area contributed by atoms with Gasteiger partial charge in [-0.25, -0.2) is 4.98 Å². The van der Waals surface area contributed by atoms with E-state index >= 15 is 0 Å². The van der Waals surface area contributed by atoms with Crippen molar-refractivity contribution in [3.8, 4) is 0 Å². The molecule has 0 radical (unpaired) electrons. The van der Waals surface area contributed by atoms with Gasteiger partial charge in [0.25, 0.3) is 0 Å². The summed E-state index contributed by atoms with van der Waals surface area (Å²) >= 11 is 0. The van der Waals surface area contributed by atoms with Gasteiger partial charge < -0.3 is 10.0 Å². The molecule has 2 aliphatic rings. The molecule has 0 bridgehead atoms. The zero-order chi connectivity index (χ0) is 13.1. The van der Waals surface area contributed by atoms with E-state index in [1.54, 1.807) is 6.20 Å². The van der Waals surface area contributed by atoms with Gasteiger partial charge in [-0.15, -0.1) is 0 Å². The maximum Gasteiger partial charge on any atom is 0.128 e. The van der Waals surface area contributed by atoms with E-state index in [4.69, 9.17) is 0 Å². The molecular formula is C15H23N3O. The van der Waals surface area contributed by atoms with Gasteiger partial charge in [0, 0.05) is 25.3 Å². The number of piperidine rings is 1. The van der Waals surface area contributed by atoms with Crippen LogP contribution in [0.25, 0.3) is 0 Å². The Morgan fingerprint density at radius 2 is 2.05 bits per heavy atom. The van der Waals surface area contributed by atoms with Crippen molar-refractivity contribution in [2.24, 2.45) is 0 Å². The second-order valence-electron chi connectivity index (χ2n) is 5.67. The van der Waals surface area contributed by atoms with Gasteiger partial charge in [0.15, 0.2) is 0 Å². The fourth-order valence-corrected chi connectivity index (χ4v) is 3.26. The van der Waals surface area contributed by atoms with Crippen molar-refractivity contribution in [2.75, 3.05) is 31.1 Å². The molecule has 0 spiro atoms. The van der Waals surface area contributed by atoms with Gasteiger partial charge in [-0.1, -0.05) is 6.42 Å². The van der Waals surface area contributed by atoms with Gasteiger partial charge in [0.05, 0.1) is 6.61 Å². The largest absolute Gasteiger partial charge is 0.392 e. The molecule has 4 nitrogen and oxygen atoms in total. The molecule has 1 atom stereocenters. The average molecular weight is 261 g/mol. The number of likely N-dealkylation sites (tertiary alicyclic amines) is 1. The lowest BCUT2D eigenvalue weighted by atomic mass is 10.1. The predicted molar refractivity (Wildman–Crippen MR) is 76.2 cm³/mol. The molecule has 3 heterocycles. The highest BCUT2D eigenvalue weighted by atomic mass is 16.3. The third-order valence-corrected chi connectivity index (χ3v) is 4.39. The first-order valence-corrected chi connectivity index (χ1v) is 7.41. The Labute approximate surface area is 115 Å². The number of hydrogen-bond donors (Lipinski definition) is 1. The number of rotatable bonds is 3. The fraction of sp³-hybridized carbons (Fsp3) is 0.667. The molecular weight excluding hydrogens is 238 g/mol. The SMILES string of the molecule is OCc1ccnc(N2CCC(N3CCCCC3)C2)c1. The molecule has 1 unspecified atom stereocenters. The van der Waals surface area contributed by atoms with Crippen molar-refractivity contribution in [3.05, 3.63) is 23.9 Å². The summed E-state index contributed by atoms with van der Waals surface area (Å²) in [5, 5.41) is 9.21. The fourth-order valence-electron chi connectivity index (χ4n) is 3.26. The molecule has 4 heteroatoms. The Morgan fingerprint density at radius 1 is 1.21 bits per heavy atom. The normalized spacial score (nSPS) is 24.9. The molecule has 0 aliphatic carbocycles. The minimum Gasteiger partial charge on any atom is -0.392 e. The summed E-state index contributed by atoms with van der Waals surface area (Å²) in [7, 11) is 0. The van der Waals surface area contributed by atoms with E-state index in [1.807, 2.05) is 12.1 Å². The number of aliphatic hydroxyl groups is 1. The molecule has 1 N–H and O–H groups in total. The maximum absolute atomic E-state index is 9.21. The van der Waals surface area contributed by atoms with Crippen LogP contribution < -0.4 is 4.90 Å².